The van der Waals surface area contributed by atoms with Crippen molar-refractivity contribution >= 4 is 18.3 Å². The summed E-state index contributed by atoms with van der Waals surface area (Å²) in [6, 6.07) is 10.1. The molecule has 0 spiro atoms. The number of nitrogens with two attached hydrogens (primary N) is 1. The summed E-state index contributed by atoms with van der Waals surface area (Å²) in [6.07, 6.45) is -1.13. The number of benzene rings is 2. The van der Waals surface area contributed by atoms with Crippen LogP contribution >= 0.6 is 0 Å². The molecule has 0 atom stereocenters. The van der Waals surface area contributed by atoms with Crippen molar-refractivity contribution < 1.29 is 27.5 Å². The van der Waals surface area contributed by atoms with Gasteiger partial charge in [-0.05, 0) is 47.9 Å². The fourth-order valence-corrected chi connectivity index (χ4v) is 4.30. The standard InChI is InChI=1S/C24H26F3N5O2.C2H4O/c1-31(11-20-17(12-33)6-16(10-28)7-21(20)24(25,26)27)19-5-3-4-18(8-19)23(13-34-14-23)9-22-30-29-15-32(22)2;1-2-3/h3-8,12,15H,9-11,13-14,28H2,1-2H3;2H,1H3. The lowest BCUT2D eigenvalue weighted by atomic mass is 9.75. The van der Waals surface area contributed by atoms with E-state index in [0.717, 1.165) is 29.4 Å². The first-order chi connectivity index (χ1) is 17.6. The number of rotatable bonds is 8. The van der Waals surface area contributed by atoms with E-state index in [1.54, 1.807) is 18.3 Å². The molecule has 0 aliphatic carbocycles. The van der Waals surface area contributed by atoms with E-state index in [1.165, 1.54) is 13.0 Å². The highest BCUT2D eigenvalue weighted by atomic mass is 19.4. The number of hydrogen-bond acceptors (Lipinski definition) is 7. The number of nitrogens with zero attached hydrogens (tertiary/aromatic N) is 4. The van der Waals surface area contributed by atoms with Crippen molar-refractivity contribution in [3.8, 4) is 0 Å². The van der Waals surface area contributed by atoms with Crippen LogP contribution in [0.1, 0.15) is 45.4 Å². The molecule has 8 nitrogen and oxygen atoms in total. The Morgan fingerprint density at radius 1 is 1.22 bits per heavy atom. The van der Waals surface area contributed by atoms with Crippen molar-refractivity contribution in [1.82, 2.24) is 14.8 Å². The molecule has 198 valence electrons. The molecule has 0 amide bonds. The highest BCUT2D eigenvalue weighted by molar-refractivity contribution is 5.79. The number of aromatic nitrogens is 3. The summed E-state index contributed by atoms with van der Waals surface area (Å²) in [5, 5.41) is 8.13. The summed E-state index contributed by atoms with van der Waals surface area (Å²) < 4.78 is 48.9. The van der Waals surface area contributed by atoms with Gasteiger partial charge in [-0.25, -0.2) is 0 Å². The predicted octanol–water partition coefficient (Wildman–Crippen LogP) is 3.46. The predicted molar refractivity (Wildman–Crippen MR) is 132 cm³/mol. The van der Waals surface area contributed by atoms with Crippen molar-refractivity contribution in [2.24, 2.45) is 12.8 Å². The van der Waals surface area contributed by atoms with Crippen LogP contribution in [-0.2, 0) is 47.7 Å². The minimum Gasteiger partial charge on any atom is -0.379 e. The van der Waals surface area contributed by atoms with Crippen molar-refractivity contribution in [3.63, 3.8) is 0 Å². The fourth-order valence-electron chi connectivity index (χ4n) is 4.30. The van der Waals surface area contributed by atoms with Gasteiger partial charge >= 0.3 is 6.18 Å². The molecule has 0 saturated carbocycles. The van der Waals surface area contributed by atoms with Gasteiger partial charge in [0.05, 0.1) is 18.8 Å². The first-order valence-corrected chi connectivity index (χ1v) is 11.6. The first-order valence-electron chi connectivity index (χ1n) is 11.6. The maximum Gasteiger partial charge on any atom is 0.416 e. The Kier molecular flexibility index (Phi) is 8.82. The average molecular weight is 518 g/mol. The highest BCUT2D eigenvalue weighted by Gasteiger charge is 2.42. The molecule has 2 heterocycles. The van der Waals surface area contributed by atoms with Crippen LogP contribution in [0.25, 0.3) is 0 Å². The van der Waals surface area contributed by atoms with Gasteiger partial charge in [0.2, 0.25) is 0 Å². The molecular weight excluding hydrogens is 487 g/mol. The summed E-state index contributed by atoms with van der Waals surface area (Å²) in [5.41, 5.74) is 6.34. The second kappa shape index (κ2) is 11.7. The van der Waals surface area contributed by atoms with Crippen LogP contribution in [0.4, 0.5) is 18.9 Å². The number of carbonyl (C=O) groups excluding carboxylic acids is 2. The summed E-state index contributed by atoms with van der Waals surface area (Å²) in [6.45, 7) is 2.30. The van der Waals surface area contributed by atoms with Crippen LogP contribution in [0, 0.1) is 0 Å². The molecule has 1 saturated heterocycles. The molecule has 11 heteroatoms. The minimum atomic E-state index is -4.61. The highest BCUT2D eigenvalue weighted by Crippen LogP contribution is 2.38. The summed E-state index contributed by atoms with van der Waals surface area (Å²) in [7, 11) is 3.59. The van der Waals surface area contributed by atoms with Gasteiger partial charge in [-0.2, -0.15) is 13.2 Å². The third kappa shape index (κ3) is 6.23. The third-order valence-electron chi connectivity index (χ3n) is 6.37. The zero-order chi connectivity index (χ0) is 27.2. The normalized spacial score (nSPS) is 14.2. The smallest absolute Gasteiger partial charge is 0.379 e. The van der Waals surface area contributed by atoms with E-state index in [9.17, 15) is 18.0 Å². The number of ether oxygens (including phenoxy) is 1. The number of carbonyl (C=O) groups is 2. The van der Waals surface area contributed by atoms with E-state index < -0.39 is 11.7 Å². The van der Waals surface area contributed by atoms with Gasteiger partial charge < -0.3 is 24.7 Å². The molecule has 4 rings (SSSR count). The van der Waals surface area contributed by atoms with Gasteiger partial charge in [-0.1, -0.05) is 12.1 Å². The number of aldehydes is 2. The monoisotopic (exact) mass is 517 g/mol. The molecule has 2 aromatic carbocycles. The summed E-state index contributed by atoms with van der Waals surface area (Å²) >= 11 is 0. The van der Waals surface area contributed by atoms with Crippen LogP contribution in [0.3, 0.4) is 0 Å². The molecule has 37 heavy (non-hydrogen) atoms. The fraction of sp³-hybridized carbons (Fsp3) is 0.385. The Labute approximate surface area is 213 Å². The van der Waals surface area contributed by atoms with Crippen molar-refractivity contribution in [1.29, 1.82) is 0 Å². The maximum atomic E-state index is 13.8. The first kappa shape index (κ1) is 28.0. The van der Waals surface area contributed by atoms with Crippen LogP contribution in [0.5, 0.6) is 0 Å². The van der Waals surface area contributed by atoms with Gasteiger partial charge in [-0.15, -0.1) is 10.2 Å². The zero-order valence-electron chi connectivity index (χ0n) is 21.0. The average Bonchev–Trinajstić information content (AvgIpc) is 3.25. The van der Waals surface area contributed by atoms with E-state index >= 15 is 0 Å². The second-order valence-corrected chi connectivity index (χ2v) is 8.98. The van der Waals surface area contributed by atoms with Gasteiger partial charge in [0.15, 0.2) is 0 Å². The van der Waals surface area contributed by atoms with Crippen LogP contribution < -0.4 is 10.6 Å². The topological polar surface area (TPSA) is 103 Å². The van der Waals surface area contributed by atoms with Gasteiger partial charge in [-0.3, -0.25) is 4.79 Å². The summed E-state index contributed by atoms with van der Waals surface area (Å²) in [4.78, 5) is 22.2. The van der Waals surface area contributed by atoms with Crippen LogP contribution in [-0.4, -0.2) is 47.6 Å². The number of hydrogen-bond donors (Lipinski definition) is 1. The van der Waals surface area contributed by atoms with Gasteiger partial charge in [0, 0.05) is 50.3 Å². The van der Waals surface area contributed by atoms with E-state index in [2.05, 4.69) is 10.2 Å². The number of aryl methyl sites for hydroxylation is 1. The Balaban J connectivity index is 0.00000121. The number of halogens is 3. The zero-order valence-corrected chi connectivity index (χ0v) is 21.0. The van der Waals surface area contributed by atoms with Gasteiger partial charge in [0.1, 0.15) is 24.7 Å². The largest absolute Gasteiger partial charge is 0.416 e. The molecule has 1 aromatic heterocycles. The lowest BCUT2D eigenvalue weighted by Crippen LogP contribution is -2.49. The molecule has 1 aliphatic rings. The van der Waals surface area contributed by atoms with Crippen molar-refractivity contribution in [3.05, 3.63) is 76.4 Å². The lowest BCUT2D eigenvalue weighted by molar-refractivity contribution is -0.138. The van der Waals surface area contributed by atoms with E-state index in [-0.39, 0.29) is 35.2 Å². The van der Waals surface area contributed by atoms with Crippen LogP contribution in [0.2, 0.25) is 0 Å². The Morgan fingerprint density at radius 2 is 1.92 bits per heavy atom. The van der Waals surface area contributed by atoms with Gasteiger partial charge in [0.25, 0.3) is 0 Å². The van der Waals surface area contributed by atoms with Crippen LogP contribution in [0.15, 0.2) is 42.7 Å². The minimum absolute atomic E-state index is 0.00979. The molecule has 1 fully saturated rings. The Morgan fingerprint density at radius 3 is 2.43 bits per heavy atom. The molecule has 2 N–H and O–H groups in total. The van der Waals surface area contributed by atoms with Crippen molar-refractivity contribution in [2.75, 3.05) is 25.2 Å². The van der Waals surface area contributed by atoms with E-state index in [0.29, 0.717) is 25.9 Å². The molecule has 3 aromatic rings. The lowest BCUT2D eigenvalue weighted by Gasteiger charge is -2.42. The maximum absolute atomic E-state index is 13.8. The second-order valence-electron chi connectivity index (χ2n) is 8.98. The Hall–Kier alpha value is -3.57. The Bertz CT molecular complexity index is 1240. The number of anilines is 1. The van der Waals surface area contributed by atoms with E-state index in [1.807, 2.05) is 35.9 Å². The molecule has 0 radical (unpaired) electrons. The number of alkyl halides is 3. The SMILES string of the molecule is CC=O.CN(Cc1c(C=O)cc(CN)cc1C(F)(F)F)c1cccc(C2(Cc3nncn3C)COC2)c1. The molecule has 0 unspecified atom stereocenters. The quantitative estimate of drug-likeness (QED) is 0.457. The summed E-state index contributed by atoms with van der Waals surface area (Å²) in [5.74, 6) is 0.826. The molecular formula is C26H30F3N5O3. The molecule has 1 aliphatic heterocycles. The third-order valence-corrected chi connectivity index (χ3v) is 6.37. The van der Waals surface area contributed by atoms with Crippen molar-refractivity contribution in [2.45, 2.75) is 38.0 Å². The molecule has 0 bridgehead atoms. The van der Waals surface area contributed by atoms with E-state index in [4.69, 9.17) is 15.3 Å².